The topological polar surface area (TPSA) is 17.0 Å². The quantitative estimate of drug-likeness (QED) is 0.245. The number of benzene rings is 3. The molecule has 0 saturated carbocycles. The minimum Gasteiger partial charge on any atom is -0.455 e. The Hall–Kier alpha value is -3.39. The summed E-state index contributed by atoms with van der Waals surface area (Å²) in [4.78, 5) is 0. The fourth-order valence-corrected chi connectivity index (χ4v) is 5.43. The summed E-state index contributed by atoms with van der Waals surface area (Å²) in [5, 5.41) is 1.47. The average Bonchev–Trinajstić information content (AvgIpc) is 3.39. The number of nitrogens with zero attached hydrogens (tertiary/aromatic N) is 1. The second-order valence-electron chi connectivity index (χ2n) is 9.52. The molecule has 0 amide bonds. The first-order valence-corrected chi connectivity index (χ1v) is 11.3. The van der Waals surface area contributed by atoms with Gasteiger partial charge in [0.05, 0.1) is 5.56 Å². The van der Waals surface area contributed by atoms with Crippen LogP contribution in [0.25, 0.3) is 44.3 Å². The fourth-order valence-electron chi connectivity index (χ4n) is 5.43. The molecule has 170 valence electrons. The van der Waals surface area contributed by atoms with Gasteiger partial charge in [0.15, 0.2) is 6.20 Å². The lowest BCUT2D eigenvalue weighted by Crippen LogP contribution is -2.32. The SMILES string of the molecule is [2H]C([2H])([2H])c1cc(-c2c(C)ccc3c2oc2cc4c(cc23)C(C)(C([2H])([2H])[2H])c2ccccc2-4)[n+](C)cc1C([2H])(C)C([2H])([2H])[2H]. The van der Waals surface area contributed by atoms with Crippen LogP contribution in [-0.2, 0) is 12.5 Å². The molecule has 2 nitrogen and oxygen atoms in total. The van der Waals surface area contributed by atoms with Crippen molar-refractivity contribution in [2.24, 2.45) is 7.05 Å². The van der Waals surface area contributed by atoms with Crippen molar-refractivity contribution in [2.45, 2.75) is 52.6 Å². The van der Waals surface area contributed by atoms with Gasteiger partial charge in [-0.2, -0.15) is 0 Å². The number of aryl methyl sites for hydroxylation is 3. The monoisotopic (exact) mass is 456 g/mol. The zero-order valence-corrected chi connectivity index (χ0v) is 19.6. The van der Waals surface area contributed by atoms with Crippen LogP contribution in [0.1, 0.15) is 75.0 Å². The number of hydrogen-bond donors (Lipinski definition) is 0. The average molecular weight is 457 g/mol. The molecule has 2 unspecified atom stereocenters. The Morgan fingerprint density at radius 1 is 1.00 bits per heavy atom. The molecule has 2 aromatic heterocycles. The number of furan rings is 1. The van der Waals surface area contributed by atoms with E-state index in [2.05, 4.69) is 0 Å². The minimum absolute atomic E-state index is 0.0998. The molecule has 0 spiro atoms. The van der Waals surface area contributed by atoms with Crippen molar-refractivity contribution < 1.29 is 22.7 Å². The van der Waals surface area contributed by atoms with Gasteiger partial charge < -0.3 is 4.42 Å². The van der Waals surface area contributed by atoms with E-state index in [-0.39, 0.29) is 11.1 Å². The molecular formula is C32H32NO+. The molecule has 5 aromatic rings. The van der Waals surface area contributed by atoms with E-state index in [1.54, 1.807) is 18.5 Å². The molecular weight excluding hydrogens is 414 g/mol. The first kappa shape index (κ1) is 12.9. The predicted molar refractivity (Wildman–Crippen MR) is 141 cm³/mol. The molecule has 3 aromatic carbocycles. The first-order valence-electron chi connectivity index (χ1n) is 16.3. The molecule has 0 radical (unpaired) electrons. The number of pyridine rings is 1. The van der Waals surface area contributed by atoms with Crippen LogP contribution in [0.3, 0.4) is 0 Å². The van der Waals surface area contributed by atoms with Crippen LogP contribution in [0.2, 0.25) is 0 Å². The molecule has 2 heterocycles. The highest BCUT2D eigenvalue weighted by molar-refractivity contribution is 6.11. The maximum absolute atomic E-state index is 8.67. The molecule has 0 saturated heterocycles. The van der Waals surface area contributed by atoms with E-state index in [1.165, 1.54) is 19.2 Å². The Bertz CT molecular complexity index is 2000. The van der Waals surface area contributed by atoms with Crippen molar-refractivity contribution >= 4 is 21.9 Å². The summed E-state index contributed by atoms with van der Waals surface area (Å²) in [6.45, 7) is -2.92. The molecule has 1 aliphatic carbocycles. The first-order chi connectivity index (χ1) is 20.2. The maximum Gasteiger partial charge on any atom is 0.216 e. The van der Waals surface area contributed by atoms with E-state index >= 15 is 0 Å². The summed E-state index contributed by atoms with van der Waals surface area (Å²) in [5.41, 5.74) is 4.49. The zero-order valence-electron chi connectivity index (χ0n) is 29.6. The van der Waals surface area contributed by atoms with Crippen LogP contribution in [0, 0.1) is 13.8 Å². The van der Waals surface area contributed by atoms with Gasteiger partial charge in [-0.1, -0.05) is 63.9 Å². The summed E-state index contributed by atoms with van der Waals surface area (Å²) in [6, 6.07) is 16.6. The van der Waals surface area contributed by atoms with Crippen molar-refractivity contribution in [3.8, 4) is 22.4 Å². The van der Waals surface area contributed by atoms with E-state index in [0.29, 0.717) is 28.0 Å². The van der Waals surface area contributed by atoms with Crippen molar-refractivity contribution in [1.29, 1.82) is 0 Å². The summed E-state index contributed by atoms with van der Waals surface area (Å²) in [7, 11) is 1.69. The van der Waals surface area contributed by atoms with Gasteiger partial charge in [0.25, 0.3) is 0 Å². The lowest BCUT2D eigenvalue weighted by atomic mass is 9.82. The van der Waals surface area contributed by atoms with E-state index in [9.17, 15) is 0 Å². The summed E-state index contributed by atoms with van der Waals surface area (Å²) in [6.07, 6.45) is 1.42. The van der Waals surface area contributed by atoms with Crippen molar-refractivity contribution in [2.75, 3.05) is 0 Å². The number of fused-ring (bicyclic) bond motifs is 6. The lowest BCUT2D eigenvalue weighted by Gasteiger charge is -2.21. The predicted octanol–water partition coefficient (Wildman–Crippen LogP) is 8.12. The summed E-state index contributed by atoms with van der Waals surface area (Å²) < 4.78 is 90.9. The van der Waals surface area contributed by atoms with Gasteiger partial charge in [-0.15, -0.1) is 0 Å². The molecule has 34 heavy (non-hydrogen) atoms. The Morgan fingerprint density at radius 3 is 2.65 bits per heavy atom. The van der Waals surface area contributed by atoms with Crippen LogP contribution >= 0.6 is 0 Å². The Morgan fingerprint density at radius 2 is 1.85 bits per heavy atom. The van der Waals surface area contributed by atoms with E-state index in [4.69, 9.17) is 18.1 Å². The van der Waals surface area contributed by atoms with Crippen molar-refractivity contribution in [1.82, 2.24) is 0 Å². The maximum atomic E-state index is 8.67. The third kappa shape index (κ3) is 2.78. The van der Waals surface area contributed by atoms with Crippen LogP contribution in [-0.4, -0.2) is 0 Å². The number of hydrogen-bond acceptors (Lipinski definition) is 1. The van der Waals surface area contributed by atoms with Crippen LogP contribution < -0.4 is 4.57 Å². The highest BCUT2D eigenvalue weighted by atomic mass is 16.3. The van der Waals surface area contributed by atoms with Gasteiger partial charge >= 0.3 is 0 Å². The molecule has 6 rings (SSSR count). The van der Waals surface area contributed by atoms with Gasteiger partial charge in [-0.25, -0.2) is 4.57 Å². The van der Waals surface area contributed by atoms with Crippen molar-refractivity contribution in [3.05, 3.63) is 88.6 Å². The molecule has 2 atom stereocenters. The van der Waals surface area contributed by atoms with E-state index in [0.717, 1.165) is 33.0 Å². The minimum atomic E-state index is -2.77. The van der Waals surface area contributed by atoms with Gasteiger partial charge in [-0.05, 0) is 65.2 Å². The molecule has 2 heteroatoms. The standard InChI is InChI=1S/C32H32NO/c1-18(2)25-17-33(7)28(14-20(25)4)30-19(3)12-13-22-24-15-27-23(16-29(24)34-31(22)30)21-10-8-9-11-26(21)32(27,5)6/h8-18H,1-7H3/q+1/i1D3,4D3,5D3,18D. The second kappa shape index (κ2) is 7.06. The highest BCUT2D eigenvalue weighted by Crippen LogP contribution is 2.51. The van der Waals surface area contributed by atoms with Crippen LogP contribution in [0.15, 0.2) is 65.2 Å². The molecule has 0 N–H and O–H groups in total. The Kier molecular flexibility index (Phi) is 2.68. The van der Waals surface area contributed by atoms with Gasteiger partial charge in [0.2, 0.25) is 5.69 Å². The second-order valence-corrected chi connectivity index (χ2v) is 9.52. The fraction of sp³-hybridized carbons (Fsp3) is 0.281. The molecule has 1 aliphatic rings. The van der Waals surface area contributed by atoms with Crippen LogP contribution in [0.5, 0.6) is 0 Å². The van der Waals surface area contributed by atoms with Crippen LogP contribution in [0.4, 0.5) is 0 Å². The highest BCUT2D eigenvalue weighted by Gasteiger charge is 2.36. The normalized spacial score (nSPS) is 24.2. The molecule has 0 bridgehead atoms. The van der Waals surface area contributed by atoms with Crippen molar-refractivity contribution in [3.63, 3.8) is 0 Å². The van der Waals surface area contributed by atoms with E-state index < -0.39 is 31.9 Å². The van der Waals surface area contributed by atoms with Gasteiger partial charge in [-0.3, -0.25) is 0 Å². The zero-order chi connectivity index (χ0) is 32.4. The molecule has 0 fully saturated rings. The number of aromatic nitrogens is 1. The largest absolute Gasteiger partial charge is 0.455 e. The summed E-state index contributed by atoms with van der Waals surface area (Å²) >= 11 is 0. The lowest BCUT2D eigenvalue weighted by molar-refractivity contribution is -0.660. The third-order valence-corrected chi connectivity index (χ3v) is 7.22. The Balaban J connectivity index is 1.66. The van der Waals surface area contributed by atoms with Gasteiger partial charge in [0, 0.05) is 41.5 Å². The smallest absolute Gasteiger partial charge is 0.216 e. The third-order valence-electron chi connectivity index (χ3n) is 7.22. The summed E-state index contributed by atoms with van der Waals surface area (Å²) in [5.74, 6) is -2.17. The number of rotatable bonds is 2. The van der Waals surface area contributed by atoms with E-state index in [1.807, 2.05) is 55.5 Å². The molecule has 0 aliphatic heterocycles. The Labute approximate surface area is 215 Å². The van der Waals surface area contributed by atoms with Gasteiger partial charge in [0.1, 0.15) is 18.2 Å².